The van der Waals surface area contributed by atoms with E-state index in [1.807, 2.05) is 19.9 Å². The molecule has 0 bridgehead atoms. The second-order valence-electron chi connectivity index (χ2n) is 8.33. The number of nitrogens with zero attached hydrogens (tertiary/aromatic N) is 2. The van der Waals surface area contributed by atoms with E-state index in [1.165, 1.54) is 6.92 Å². The van der Waals surface area contributed by atoms with Gasteiger partial charge >= 0.3 is 5.76 Å². The third kappa shape index (κ3) is 5.48. The van der Waals surface area contributed by atoms with Crippen LogP contribution in [0.2, 0.25) is 0 Å². The fraction of sp³-hybridized carbons (Fsp3) is 0.500. The van der Waals surface area contributed by atoms with Gasteiger partial charge in [-0.25, -0.2) is 4.79 Å². The van der Waals surface area contributed by atoms with Crippen molar-refractivity contribution in [3.63, 3.8) is 0 Å². The van der Waals surface area contributed by atoms with Crippen molar-refractivity contribution in [1.82, 2.24) is 20.4 Å². The molecule has 1 aromatic carbocycles. The van der Waals surface area contributed by atoms with E-state index >= 15 is 0 Å². The summed E-state index contributed by atoms with van der Waals surface area (Å²) in [4.78, 5) is 49.7. The van der Waals surface area contributed by atoms with Gasteiger partial charge in [0, 0.05) is 11.6 Å². The number of nitrogens with one attached hydrogen (secondary N) is 2. The van der Waals surface area contributed by atoms with Crippen molar-refractivity contribution in [2.75, 3.05) is 0 Å². The Kier molecular flexibility index (Phi) is 7.04. The summed E-state index contributed by atoms with van der Waals surface area (Å²) in [6.07, 6.45) is 2.10. The van der Waals surface area contributed by atoms with Gasteiger partial charge in [0.2, 0.25) is 11.7 Å². The third-order valence-corrected chi connectivity index (χ3v) is 5.31. The maximum atomic E-state index is 12.8. The first-order valence-corrected chi connectivity index (χ1v) is 10.5. The van der Waals surface area contributed by atoms with Gasteiger partial charge in [0.1, 0.15) is 0 Å². The summed E-state index contributed by atoms with van der Waals surface area (Å²) in [5.41, 5.74) is 0.532. The van der Waals surface area contributed by atoms with E-state index in [-0.39, 0.29) is 29.7 Å². The SMILES string of the molecule is CC(C)Cn1nc(C(=O)[C@H](C)NC(=O)[C@@H]2CCC[C@@H]2NC(=O)c2ccccc2)oc1=O. The highest BCUT2D eigenvalue weighted by Gasteiger charge is 2.36. The molecule has 0 aliphatic heterocycles. The Hall–Kier alpha value is -3.23. The summed E-state index contributed by atoms with van der Waals surface area (Å²) in [6.45, 7) is 5.69. The molecule has 2 aromatic rings. The van der Waals surface area contributed by atoms with Crippen LogP contribution >= 0.6 is 0 Å². The molecule has 3 atom stereocenters. The number of rotatable bonds is 8. The lowest BCUT2D eigenvalue weighted by Crippen LogP contribution is -2.47. The average Bonchev–Trinajstić information content (AvgIpc) is 3.34. The minimum absolute atomic E-state index is 0.160. The van der Waals surface area contributed by atoms with Gasteiger partial charge < -0.3 is 15.1 Å². The lowest BCUT2D eigenvalue weighted by molar-refractivity contribution is -0.125. The highest BCUT2D eigenvalue weighted by molar-refractivity contribution is 5.98. The molecule has 1 aliphatic carbocycles. The van der Waals surface area contributed by atoms with Crippen LogP contribution in [0.1, 0.15) is 61.1 Å². The van der Waals surface area contributed by atoms with Gasteiger partial charge in [-0.3, -0.25) is 14.4 Å². The smallest absolute Gasteiger partial charge is 0.384 e. The van der Waals surface area contributed by atoms with E-state index in [0.717, 1.165) is 11.1 Å². The fourth-order valence-corrected chi connectivity index (χ4v) is 3.73. The van der Waals surface area contributed by atoms with E-state index in [0.29, 0.717) is 24.9 Å². The van der Waals surface area contributed by atoms with Crippen molar-refractivity contribution in [2.45, 2.75) is 58.7 Å². The first kappa shape index (κ1) is 22.5. The number of hydrogen-bond donors (Lipinski definition) is 2. The van der Waals surface area contributed by atoms with Crippen molar-refractivity contribution >= 4 is 17.6 Å². The molecular formula is C22H28N4O5. The maximum Gasteiger partial charge on any atom is 0.437 e. The topological polar surface area (TPSA) is 123 Å². The normalized spacial score (nSPS) is 19.2. The molecule has 166 valence electrons. The number of ketones is 1. The van der Waals surface area contributed by atoms with E-state index in [1.54, 1.807) is 24.3 Å². The van der Waals surface area contributed by atoms with Crippen LogP contribution in [0.4, 0.5) is 0 Å². The van der Waals surface area contributed by atoms with Crippen molar-refractivity contribution < 1.29 is 18.8 Å². The molecule has 1 fully saturated rings. The summed E-state index contributed by atoms with van der Waals surface area (Å²) in [5.74, 6) is -2.42. The van der Waals surface area contributed by atoms with Crippen LogP contribution in [0.3, 0.4) is 0 Å². The molecule has 9 nitrogen and oxygen atoms in total. The Morgan fingerprint density at radius 1 is 1.16 bits per heavy atom. The highest BCUT2D eigenvalue weighted by Crippen LogP contribution is 2.26. The van der Waals surface area contributed by atoms with E-state index in [9.17, 15) is 19.2 Å². The molecule has 31 heavy (non-hydrogen) atoms. The average molecular weight is 428 g/mol. The number of aromatic nitrogens is 2. The molecule has 0 saturated heterocycles. The zero-order valence-electron chi connectivity index (χ0n) is 18.0. The van der Waals surface area contributed by atoms with E-state index in [4.69, 9.17) is 4.42 Å². The minimum atomic E-state index is -0.913. The summed E-state index contributed by atoms with van der Waals surface area (Å²) < 4.78 is 6.08. The second kappa shape index (κ2) is 9.72. The fourth-order valence-electron chi connectivity index (χ4n) is 3.73. The maximum absolute atomic E-state index is 12.8. The zero-order valence-corrected chi connectivity index (χ0v) is 18.0. The van der Waals surface area contributed by atoms with Gasteiger partial charge in [-0.2, -0.15) is 4.68 Å². The van der Waals surface area contributed by atoms with Crippen LogP contribution in [0.5, 0.6) is 0 Å². The lowest BCUT2D eigenvalue weighted by atomic mass is 10.0. The molecule has 2 N–H and O–H groups in total. The Morgan fingerprint density at radius 3 is 2.55 bits per heavy atom. The molecule has 2 amide bonds. The zero-order chi connectivity index (χ0) is 22.5. The number of hydrogen-bond acceptors (Lipinski definition) is 6. The van der Waals surface area contributed by atoms with Gasteiger partial charge in [0.15, 0.2) is 0 Å². The Bertz CT molecular complexity index is 995. The Morgan fingerprint density at radius 2 is 1.87 bits per heavy atom. The van der Waals surface area contributed by atoms with Crippen LogP contribution < -0.4 is 16.4 Å². The predicted molar refractivity (Wildman–Crippen MR) is 113 cm³/mol. The quantitative estimate of drug-likeness (QED) is 0.618. The van der Waals surface area contributed by atoms with Crippen LogP contribution in [-0.2, 0) is 11.3 Å². The Balaban J connectivity index is 1.61. The first-order valence-electron chi connectivity index (χ1n) is 10.5. The molecule has 3 rings (SSSR count). The number of amides is 2. The lowest BCUT2D eigenvalue weighted by Gasteiger charge is -2.22. The first-order chi connectivity index (χ1) is 14.8. The summed E-state index contributed by atoms with van der Waals surface area (Å²) in [7, 11) is 0. The molecular weight excluding hydrogens is 400 g/mol. The molecule has 0 radical (unpaired) electrons. The largest absolute Gasteiger partial charge is 0.437 e. The summed E-state index contributed by atoms with van der Waals surface area (Å²) >= 11 is 0. The Labute approximate surface area is 180 Å². The molecule has 1 saturated carbocycles. The van der Waals surface area contributed by atoms with E-state index < -0.39 is 23.5 Å². The van der Waals surface area contributed by atoms with Crippen molar-refractivity contribution in [3.05, 3.63) is 52.3 Å². The van der Waals surface area contributed by atoms with Crippen LogP contribution in [0.15, 0.2) is 39.5 Å². The van der Waals surface area contributed by atoms with Crippen molar-refractivity contribution in [1.29, 1.82) is 0 Å². The number of carbonyl (C=O) groups is 3. The number of carbonyl (C=O) groups excluding carboxylic acids is 3. The van der Waals surface area contributed by atoms with Crippen LogP contribution in [0, 0.1) is 11.8 Å². The number of Topliss-reactive ketones (excluding diaryl/α,β-unsaturated/α-hetero) is 1. The molecule has 1 aliphatic rings. The molecule has 1 aromatic heterocycles. The van der Waals surface area contributed by atoms with Crippen LogP contribution in [-0.4, -0.2) is 39.5 Å². The standard InChI is InChI=1S/C22H28N4O5/c1-13(2)12-26-22(30)31-21(25-26)18(27)14(3)23-20(29)16-10-7-11-17(16)24-19(28)15-8-5-4-6-9-15/h4-6,8-9,13-14,16-17H,7,10-12H2,1-3H3,(H,23,29)(H,24,28)/t14-,16+,17-/m0/s1. The van der Waals surface area contributed by atoms with Crippen molar-refractivity contribution in [2.24, 2.45) is 11.8 Å². The predicted octanol–water partition coefficient (Wildman–Crippen LogP) is 1.78. The third-order valence-electron chi connectivity index (χ3n) is 5.31. The highest BCUT2D eigenvalue weighted by atomic mass is 16.4. The molecule has 0 unspecified atom stereocenters. The second-order valence-corrected chi connectivity index (χ2v) is 8.33. The molecule has 9 heteroatoms. The molecule has 0 spiro atoms. The monoisotopic (exact) mass is 428 g/mol. The summed E-state index contributed by atoms with van der Waals surface area (Å²) in [5, 5.41) is 9.55. The molecule has 1 heterocycles. The van der Waals surface area contributed by atoms with Gasteiger partial charge in [-0.15, -0.1) is 5.10 Å². The van der Waals surface area contributed by atoms with Gasteiger partial charge in [-0.1, -0.05) is 38.5 Å². The number of benzene rings is 1. The van der Waals surface area contributed by atoms with E-state index in [2.05, 4.69) is 15.7 Å². The van der Waals surface area contributed by atoms with Crippen LogP contribution in [0.25, 0.3) is 0 Å². The van der Waals surface area contributed by atoms with Gasteiger partial charge in [0.25, 0.3) is 11.8 Å². The summed E-state index contributed by atoms with van der Waals surface area (Å²) in [6, 6.07) is 7.60. The minimum Gasteiger partial charge on any atom is -0.384 e. The van der Waals surface area contributed by atoms with Gasteiger partial charge in [-0.05, 0) is 37.8 Å². The van der Waals surface area contributed by atoms with Gasteiger partial charge in [0.05, 0.1) is 18.5 Å². The van der Waals surface area contributed by atoms with Crippen molar-refractivity contribution in [3.8, 4) is 0 Å².